The highest BCUT2D eigenvalue weighted by molar-refractivity contribution is 5.96. The molecule has 0 radical (unpaired) electrons. The van der Waals surface area contributed by atoms with Crippen molar-refractivity contribution < 1.29 is 4.79 Å². The van der Waals surface area contributed by atoms with Crippen LogP contribution < -0.4 is 0 Å². The first-order valence-corrected chi connectivity index (χ1v) is 7.36. The fourth-order valence-corrected chi connectivity index (χ4v) is 4.39. The Morgan fingerprint density at radius 3 is 2.67 bits per heavy atom. The SMILES string of the molecule is CCC1(CC)C(=O)C2CCCc3ccccc3C21. The fraction of sp³-hybridized carbons (Fsp3) is 0.588. The molecule has 1 heteroatoms. The van der Waals surface area contributed by atoms with Gasteiger partial charge in [0.25, 0.3) is 0 Å². The molecule has 0 heterocycles. The summed E-state index contributed by atoms with van der Waals surface area (Å²) in [5.74, 6) is 1.36. The second-order valence-electron chi connectivity index (χ2n) is 5.90. The largest absolute Gasteiger partial charge is 0.299 e. The van der Waals surface area contributed by atoms with E-state index >= 15 is 0 Å². The zero-order valence-corrected chi connectivity index (χ0v) is 11.4. The molecule has 96 valence electrons. The normalized spacial score (nSPS) is 28.9. The lowest BCUT2D eigenvalue weighted by molar-refractivity contribution is -0.151. The van der Waals surface area contributed by atoms with Crippen LogP contribution in [-0.2, 0) is 11.2 Å². The standard InChI is InChI=1S/C17H22O/c1-3-17(4-2)15-13-10-6-5-8-12(13)9-7-11-14(15)16(17)18/h5-6,8,10,14-15H,3-4,7,9,11H2,1-2H3. The Hall–Kier alpha value is -1.11. The highest BCUT2D eigenvalue weighted by atomic mass is 16.1. The summed E-state index contributed by atoms with van der Waals surface area (Å²) in [6.45, 7) is 4.37. The molecule has 0 bridgehead atoms. The van der Waals surface area contributed by atoms with Crippen molar-refractivity contribution in [2.45, 2.75) is 51.9 Å². The number of carbonyl (C=O) groups excluding carboxylic acids is 1. The highest BCUT2D eigenvalue weighted by Gasteiger charge is 2.60. The third-order valence-electron chi connectivity index (χ3n) is 5.44. The molecule has 0 aromatic heterocycles. The Kier molecular flexibility index (Phi) is 2.80. The molecule has 18 heavy (non-hydrogen) atoms. The minimum Gasteiger partial charge on any atom is -0.299 e. The maximum Gasteiger partial charge on any atom is 0.143 e. The van der Waals surface area contributed by atoms with E-state index in [0.29, 0.717) is 17.6 Å². The number of fused-ring (bicyclic) bond motifs is 3. The van der Waals surface area contributed by atoms with Crippen LogP contribution in [0.15, 0.2) is 24.3 Å². The van der Waals surface area contributed by atoms with Crippen LogP contribution in [0.4, 0.5) is 0 Å². The summed E-state index contributed by atoms with van der Waals surface area (Å²) >= 11 is 0. The Labute approximate surface area is 110 Å². The molecule has 1 saturated carbocycles. The summed E-state index contributed by atoms with van der Waals surface area (Å²) in [5.41, 5.74) is 2.91. The summed E-state index contributed by atoms with van der Waals surface area (Å²) < 4.78 is 0. The van der Waals surface area contributed by atoms with E-state index in [1.165, 1.54) is 17.5 Å². The van der Waals surface area contributed by atoms with Crippen molar-refractivity contribution in [3.63, 3.8) is 0 Å². The molecular formula is C17H22O. The second kappa shape index (κ2) is 4.22. The molecule has 1 aromatic carbocycles. The number of ketones is 1. The summed E-state index contributed by atoms with van der Waals surface area (Å²) in [6.07, 6.45) is 5.42. The summed E-state index contributed by atoms with van der Waals surface area (Å²) in [4.78, 5) is 12.5. The van der Waals surface area contributed by atoms with Gasteiger partial charge in [0, 0.05) is 17.3 Å². The van der Waals surface area contributed by atoms with E-state index in [1.54, 1.807) is 0 Å². The van der Waals surface area contributed by atoms with Gasteiger partial charge in [-0.05, 0) is 43.2 Å². The molecular weight excluding hydrogens is 220 g/mol. The number of benzene rings is 1. The average Bonchev–Trinajstić information content (AvgIpc) is 2.58. The zero-order chi connectivity index (χ0) is 12.8. The van der Waals surface area contributed by atoms with Crippen molar-refractivity contribution in [2.24, 2.45) is 11.3 Å². The molecule has 1 nitrogen and oxygen atoms in total. The van der Waals surface area contributed by atoms with Crippen molar-refractivity contribution in [2.75, 3.05) is 0 Å². The predicted octanol–water partition coefficient (Wildman–Crippen LogP) is 4.11. The summed E-state index contributed by atoms with van der Waals surface area (Å²) in [7, 11) is 0. The molecule has 2 aliphatic rings. The number of hydrogen-bond donors (Lipinski definition) is 0. The van der Waals surface area contributed by atoms with Crippen LogP contribution in [0.2, 0.25) is 0 Å². The number of Topliss-reactive ketones (excluding diaryl/α,β-unsaturated/α-hetero) is 1. The van der Waals surface area contributed by atoms with E-state index in [9.17, 15) is 4.79 Å². The van der Waals surface area contributed by atoms with Gasteiger partial charge in [0.05, 0.1) is 0 Å². The summed E-state index contributed by atoms with van der Waals surface area (Å²) in [6, 6.07) is 8.81. The van der Waals surface area contributed by atoms with E-state index in [4.69, 9.17) is 0 Å². The molecule has 0 aliphatic heterocycles. The van der Waals surface area contributed by atoms with Crippen LogP contribution in [0.3, 0.4) is 0 Å². The Morgan fingerprint density at radius 2 is 1.94 bits per heavy atom. The molecule has 0 saturated heterocycles. The smallest absolute Gasteiger partial charge is 0.143 e. The third kappa shape index (κ3) is 1.36. The highest BCUT2D eigenvalue weighted by Crippen LogP contribution is 2.60. The number of aryl methyl sites for hydroxylation is 1. The van der Waals surface area contributed by atoms with Crippen LogP contribution >= 0.6 is 0 Å². The van der Waals surface area contributed by atoms with E-state index in [-0.39, 0.29) is 5.41 Å². The lowest BCUT2D eigenvalue weighted by Gasteiger charge is -2.53. The number of carbonyl (C=O) groups is 1. The Morgan fingerprint density at radius 1 is 1.22 bits per heavy atom. The van der Waals surface area contributed by atoms with E-state index < -0.39 is 0 Å². The number of rotatable bonds is 2. The Bertz CT molecular complexity index is 470. The maximum absolute atomic E-state index is 12.5. The molecule has 2 aliphatic carbocycles. The minimum absolute atomic E-state index is 0.0505. The number of hydrogen-bond acceptors (Lipinski definition) is 1. The predicted molar refractivity (Wildman–Crippen MR) is 73.6 cm³/mol. The molecule has 0 amide bonds. The first-order chi connectivity index (χ1) is 8.74. The van der Waals surface area contributed by atoms with Gasteiger partial charge in [0.15, 0.2) is 0 Å². The molecule has 2 unspecified atom stereocenters. The van der Waals surface area contributed by atoms with Crippen molar-refractivity contribution in [1.82, 2.24) is 0 Å². The van der Waals surface area contributed by atoms with Crippen LogP contribution in [0.25, 0.3) is 0 Å². The van der Waals surface area contributed by atoms with E-state index in [2.05, 4.69) is 38.1 Å². The van der Waals surface area contributed by atoms with Gasteiger partial charge < -0.3 is 0 Å². The topological polar surface area (TPSA) is 17.1 Å². The van der Waals surface area contributed by atoms with Crippen LogP contribution in [0, 0.1) is 11.3 Å². The molecule has 1 fully saturated rings. The lowest BCUT2D eigenvalue weighted by Crippen LogP contribution is -2.55. The van der Waals surface area contributed by atoms with Crippen LogP contribution in [0.1, 0.15) is 56.6 Å². The average molecular weight is 242 g/mol. The van der Waals surface area contributed by atoms with Crippen molar-refractivity contribution in [3.8, 4) is 0 Å². The van der Waals surface area contributed by atoms with Gasteiger partial charge in [0.2, 0.25) is 0 Å². The van der Waals surface area contributed by atoms with Crippen LogP contribution in [0.5, 0.6) is 0 Å². The van der Waals surface area contributed by atoms with Gasteiger partial charge in [-0.2, -0.15) is 0 Å². The van der Waals surface area contributed by atoms with Gasteiger partial charge in [-0.25, -0.2) is 0 Å². The lowest BCUT2D eigenvalue weighted by atomic mass is 9.48. The van der Waals surface area contributed by atoms with Crippen molar-refractivity contribution in [3.05, 3.63) is 35.4 Å². The second-order valence-corrected chi connectivity index (χ2v) is 5.90. The van der Waals surface area contributed by atoms with Gasteiger partial charge in [-0.1, -0.05) is 38.1 Å². The van der Waals surface area contributed by atoms with E-state index in [0.717, 1.165) is 25.7 Å². The van der Waals surface area contributed by atoms with Gasteiger partial charge in [-0.15, -0.1) is 0 Å². The molecule has 1 aromatic rings. The Balaban J connectivity index is 2.10. The fourth-order valence-electron chi connectivity index (χ4n) is 4.39. The molecule has 0 N–H and O–H groups in total. The molecule has 2 atom stereocenters. The van der Waals surface area contributed by atoms with Crippen LogP contribution in [-0.4, -0.2) is 5.78 Å². The van der Waals surface area contributed by atoms with Gasteiger partial charge in [0.1, 0.15) is 5.78 Å². The van der Waals surface area contributed by atoms with Gasteiger partial charge in [-0.3, -0.25) is 4.79 Å². The van der Waals surface area contributed by atoms with Crippen molar-refractivity contribution >= 4 is 5.78 Å². The minimum atomic E-state index is -0.0505. The maximum atomic E-state index is 12.5. The van der Waals surface area contributed by atoms with Crippen molar-refractivity contribution in [1.29, 1.82) is 0 Å². The third-order valence-corrected chi connectivity index (χ3v) is 5.44. The van der Waals surface area contributed by atoms with Gasteiger partial charge >= 0.3 is 0 Å². The first kappa shape index (κ1) is 12.0. The van der Waals surface area contributed by atoms with E-state index in [1.807, 2.05) is 0 Å². The molecule has 0 spiro atoms. The zero-order valence-electron chi connectivity index (χ0n) is 11.4. The molecule has 3 rings (SSSR count). The monoisotopic (exact) mass is 242 g/mol. The quantitative estimate of drug-likeness (QED) is 0.762. The summed E-state index contributed by atoms with van der Waals surface area (Å²) in [5, 5.41) is 0. The first-order valence-electron chi connectivity index (χ1n) is 7.36.